The first-order chi connectivity index (χ1) is 17.2. The molecule has 0 saturated heterocycles. The van der Waals surface area contributed by atoms with Crippen LogP contribution in [0.4, 0.5) is 0 Å². The molecule has 0 bridgehead atoms. The fourth-order valence-electron chi connectivity index (χ4n) is 3.73. The van der Waals surface area contributed by atoms with Gasteiger partial charge in [0, 0.05) is 28.9 Å². The third-order valence-corrected chi connectivity index (χ3v) is 7.46. The molecule has 0 amide bonds. The van der Waals surface area contributed by atoms with E-state index in [1.54, 1.807) is 16.8 Å². The first-order valence-corrected chi connectivity index (χ1v) is 13.7. The van der Waals surface area contributed by atoms with E-state index in [4.69, 9.17) is 21.4 Å². The lowest BCUT2D eigenvalue weighted by Gasteiger charge is -2.12. The minimum absolute atomic E-state index is 0.0822. The van der Waals surface area contributed by atoms with E-state index in [1.165, 1.54) is 12.1 Å². The summed E-state index contributed by atoms with van der Waals surface area (Å²) in [6.07, 6.45) is 2.85. The Labute approximate surface area is 217 Å². The standard InChI is InChI=1S/C28H30ClN3O3S/c1-20(2)15-16-35-27-14-9-22(17-21(27)3)28-23(19-32(31-28)25-7-5-4-6-8-25)18-30-36(33,34)26-12-10-24(29)11-13-26/h4-14,17,19-20,30H,15-16,18H2,1-3H3. The summed E-state index contributed by atoms with van der Waals surface area (Å²) in [7, 11) is -3.73. The third kappa shape index (κ3) is 6.35. The van der Waals surface area contributed by atoms with Crippen LogP contribution in [0.15, 0.2) is 83.9 Å². The molecule has 0 aliphatic carbocycles. The van der Waals surface area contributed by atoms with Gasteiger partial charge in [-0.15, -0.1) is 0 Å². The monoisotopic (exact) mass is 523 g/mol. The zero-order valence-corrected chi connectivity index (χ0v) is 22.2. The van der Waals surface area contributed by atoms with Gasteiger partial charge in [-0.3, -0.25) is 0 Å². The van der Waals surface area contributed by atoms with Crippen LogP contribution < -0.4 is 9.46 Å². The van der Waals surface area contributed by atoms with E-state index in [9.17, 15) is 8.42 Å². The van der Waals surface area contributed by atoms with E-state index < -0.39 is 10.0 Å². The second-order valence-corrected chi connectivity index (χ2v) is 11.3. The average Bonchev–Trinajstić information content (AvgIpc) is 3.29. The van der Waals surface area contributed by atoms with Gasteiger partial charge in [-0.25, -0.2) is 17.8 Å². The highest BCUT2D eigenvalue weighted by Crippen LogP contribution is 2.29. The van der Waals surface area contributed by atoms with Crippen LogP contribution in [0.5, 0.6) is 5.75 Å². The van der Waals surface area contributed by atoms with Crippen molar-refractivity contribution in [1.82, 2.24) is 14.5 Å². The van der Waals surface area contributed by atoms with Gasteiger partial charge in [-0.2, -0.15) is 5.10 Å². The molecule has 4 rings (SSSR count). The molecule has 0 aliphatic heterocycles. The summed E-state index contributed by atoms with van der Waals surface area (Å²) in [4.78, 5) is 0.155. The number of hydrogen-bond donors (Lipinski definition) is 1. The summed E-state index contributed by atoms with van der Waals surface area (Å²) < 4.78 is 36.2. The second-order valence-electron chi connectivity index (χ2n) is 9.07. The number of nitrogens with one attached hydrogen (secondary N) is 1. The van der Waals surface area contributed by atoms with Crippen molar-refractivity contribution in [3.8, 4) is 22.7 Å². The van der Waals surface area contributed by atoms with Gasteiger partial charge in [0.25, 0.3) is 0 Å². The Bertz CT molecular complexity index is 1420. The normalized spacial score (nSPS) is 11.7. The lowest BCUT2D eigenvalue weighted by Crippen LogP contribution is -2.23. The van der Waals surface area contributed by atoms with Gasteiger partial charge in [0.15, 0.2) is 0 Å². The number of halogens is 1. The van der Waals surface area contributed by atoms with Crippen LogP contribution in [0.3, 0.4) is 0 Å². The van der Waals surface area contributed by atoms with Crippen LogP contribution >= 0.6 is 11.6 Å². The molecule has 3 aromatic carbocycles. The number of aromatic nitrogens is 2. The predicted octanol–water partition coefficient (Wildman–Crippen LogP) is 6.40. The number of sulfonamides is 1. The largest absolute Gasteiger partial charge is 0.493 e. The maximum Gasteiger partial charge on any atom is 0.240 e. The Morgan fingerprint density at radius 1 is 1.03 bits per heavy atom. The number of aryl methyl sites for hydroxylation is 1. The Kier molecular flexibility index (Phi) is 8.14. The Balaban J connectivity index is 1.64. The zero-order valence-electron chi connectivity index (χ0n) is 20.6. The zero-order chi connectivity index (χ0) is 25.7. The van der Waals surface area contributed by atoms with Gasteiger partial charge >= 0.3 is 0 Å². The lowest BCUT2D eigenvalue weighted by atomic mass is 10.0. The number of para-hydroxylation sites is 1. The van der Waals surface area contributed by atoms with Crippen LogP contribution in [0.25, 0.3) is 16.9 Å². The summed E-state index contributed by atoms with van der Waals surface area (Å²) in [5.41, 5.74) is 4.23. The van der Waals surface area contributed by atoms with Crippen molar-refractivity contribution < 1.29 is 13.2 Å². The Morgan fingerprint density at radius 3 is 2.42 bits per heavy atom. The topological polar surface area (TPSA) is 73.2 Å². The molecule has 6 nitrogen and oxygen atoms in total. The van der Waals surface area contributed by atoms with Crippen LogP contribution in [-0.2, 0) is 16.6 Å². The van der Waals surface area contributed by atoms with Gasteiger partial charge in [0.1, 0.15) is 5.75 Å². The SMILES string of the molecule is Cc1cc(-c2nn(-c3ccccc3)cc2CNS(=O)(=O)c2ccc(Cl)cc2)ccc1OCCC(C)C. The highest BCUT2D eigenvalue weighted by atomic mass is 35.5. The first-order valence-electron chi connectivity index (χ1n) is 11.9. The minimum atomic E-state index is -3.73. The summed E-state index contributed by atoms with van der Waals surface area (Å²) in [6.45, 7) is 7.10. The minimum Gasteiger partial charge on any atom is -0.493 e. The molecule has 0 radical (unpaired) electrons. The highest BCUT2D eigenvalue weighted by molar-refractivity contribution is 7.89. The molecule has 0 aliphatic rings. The molecule has 1 aromatic heterocycles. The molecule has 1 N–H and O–H groups in total. The van der Waals surface area contributed by atoms with Crippen molar-refractivity contribution in [3.05, 3.63) is 95.1 Å². The van der Waals surface area contributed by atoms with E-state index in [1.807, 2.05) is 61.7 Å². The van der Waals surface area contributed by atoms with Gasteiger partial charge in [-0.1, -0.05) is 43.6 Å². The Morgan fingerprint density at radius 2 is 1.75 bits per heavy atom. The quantitative estimate of drug-likeness (QED) is 0.261. The number of rotatable bonds is 10. The van der Waals surface area contributed by atoms with Crippen molar-refractivity contribution in [2.75, 3.05) is 6.61 Å². The maximum absolute atomic E-state index is 12.9. The van der Waals surface area contributed by atoms with Crippen LogP contribution in [0.2, 0.25) is 5.02 Å². The van der Waals surface area contributed by atoms with E-state index in [2.05, 4.69) is 18.6 Å². The molecule has 36 heavy (non-hydrogen) atoms. The molecule has 8 heteroatoms. The summed E-state index contributed by atoms with van der Waals surface area (Å²) in [5.74, 6) is 1.41. The van der Waals surface area contributed by atoms with Crippen LogP contribution in [0.1, 0.15) is 31.4 Å². The summed E-state index contributed by atoms with van der Waals surface area (Å²) in [6, 6.07) is 21.8. The Hall–Kier alpha value is -3.13. The maximum atomic E-state index is 12.9. The molecule has 188 valence electrons. The van der Waals surface area contributed by atoms with E-state index in [0.29, 0.717) is 23.2 Å². The van der Waals surface area contributed by atoms with Gasteiger partial charge in [0.05, 0.1) is 22.9 Å². The molecule has 0 unspecified atom stereocenters. The molecule has 0 fully saturated rings. The number of benzene rings is 3. The van der Waals surface area contributed by atoms with Gasteiger partial charge in [0.2, 0.25) is 10.0 Å². The van der Waals surface area contributed by atoms with Crippen molar-refractivity contribution in [1.29, 1.82) is 0 Å². The fraction of sp³-hybridized carbons (Fsp3) is 0.250. The smallest absolute Gasteiger partial charge is 0.240 e. The predicted molar refractivity (Wildman–Crippen MR) is 144 cm³/mol. The average molecular weight is 524 g/mol. The van der Waals surface area contributed by atoms with E-state index in [0.717, 1.165) is 34.5 Å². The van der Waals surface area contributed by atoms with Crippen LogP contribution in [-0.4, -0.2) is 24.8 Å². The second kappa shape index (κ2) is 11.3. The van der Waals surface area contributed by atoms with Gasteiger partial charge < -0.3 is 4.74 Å². The van der Waals surface area contributed by atoms with Gasteiger partial charge in [-0.05, 0) is 79.4 Å². The molecular weight excluding hydrogens is 494 g/mol. The molecule has 0 saturated carbocycles. The van der Waals surface area contributed by atoms with E-state index in [-0.39, 0.29) is 11.4 Å². The van der Waals surface area contributed by atoms with E-state index >= 15 is 0 Å². The van der Waals surface area contributed by atoms with Crippen molar-refractivity contribution >= 4 is 21.6 Å². The number of ether oxygens (including phenoxy) is 1. The molecule has 4 aromatic rings. The third-order valence-electron chi connectivity index (χ3n) is 5.79. The van der Waals surface area contributed by atoms with Crippen molar-refractivity contribution in [2.24, 2.45) is 5.92 Å². The van der Waals surface area contributed by atoms with Crippen LogP contribution in [0, 0.1) is 12.8 Å². The molecular formula is C28H30ClN3O3S. The molecule has 0 spiro atoms. The van der Waals surface area contributed by atoms with Crippen molar-refractivity contribution in [3.63, 3.8) is 0 Å². The van der Waals surface area contributed by atoms with Crippen molar-refractivity contribution in [2.45, 2.75) is 38.6 Å². The summed E-state index contributed by atoms with van der Waals surface area (Å²) in [5, 5.41) is 5.29. The lowest BCUT2D eigenvalue weighted by molar-refractivity contribution is 0.288. The first kappa shape index (κ1) is 25.9. The summed E-state index contributed by atoms with van der Waals surface area (Å²) >= 11 is 5.91. The number of hydrogen-bond acceptors (Lipinski definition) is 4. The highest BCUT2D eigenvalue weighted by Gasteiger charge is 2.18. The molecule has 1 heterocycles. The molecule has 0 atom stereocenters. The fourth-order valence-corrected chi connectivity index (χ4v) is 4.86. The number of nitrogens with zero attached hydrogens (tertiary/aromatic N) is 2.